The molecule has 3 aromatic rings. The summed E-state index contributed by atoms with van der Waals surface area (Å²) in [5.41, 5.74) is 4.15. The van der Waals surface area contributed by atoms with Gasteiger partial charge >= 0.3 is 5.97 Å². The number of carbonyl (C=O) groups is 2. The van der Waals surface area contributed by atoms with Gasteiger partial charge in [-0.2, -0.15) is 5.26 Å². The van der Waals surface area contributed by atoms with Crippen molar-refractivity contribution in [1.82, 2.24) is 14.5 Å². The number of aryl methyl sites for hydroxylation is 1. The average Bonchev–Trinajstić information content (AvgIpc) is 3.30. The van der Waals surface area contributed by atoms with Crippen molar-refractivity contribution in [2.24, 2.45) is 5.41 Å². The van der Waals surface area contributed by atoms with E-state index >= 15 is 0 Å². The molecule has 0 aliphatic carbocycles. The normalized spacial score (nSPS) is 14.8. The minimum Gasteiger partial charge on any atom is -0.469 e. The summed E-state index contributed by atoms with van der Waals surface area (Å²) < 4.78 is 7.15. The summed E-state index contributed by atoms with van der Waals surface area (Å²) in [4.78, 5) is 32.0. The third-order valence-corrected chi connectivity index (χ3v) is 6.88. The molecule has 7 heteroatoms. The quantitative estimate of drug-likeness (QED) is 0.492. The molecule has 2 heterocycles. The van der Waals surface area contributed by atoms with Gasteiger partial charge in [0.15, 0.2) is 0 Å². The molecule has 0 unspecified atom stereocenters. The van der Waals surface area contributed by atoms with Crippen molar-refractivity contribution in [2.45, 2.75) is 39.2 Å². The summed E-state index contributed by atoms with van der Waals surface area (Å²) >= 11 is 0. The van der Waals surface area contributed by atoms with Crippen molar-refractivity contribution in [1.29, 1.82) is 5.26 Å². The SMILES string of the molecule is COC(=O)C1(Cc2cccc(C)c2)CCN(C(=O)Cc2cncn2Cc2ccc(C#N)cc2)CC1. The number of methoxy groups -OCH3 is 1. The second kappa shape index (κ2) is 10.6. The summed E-state index contributed by atoms with van der Waals surface area (Å²) in [7, 11) is 1.44. The lowest BCUT2D eigenvalue weighted by Crippen LogP contribution is -2.48. The predicted octanol–water partition coefficient (Wildman–Crippen LogP) is 3.68. The number of imidazole rings is 1. The van der Waals surface area contributed by atoms with Crippen molar-refractivity contribution in [3.8, 4) is 6.07 Å². The molecule has 1 amide bonds. The Labute approximate surface area is 206 Å². The number of piperidine rings is 1. The molecule has 180 valence electrons. The smallest absolute Gasteiger partial charge is 0.312 e. The zero-order chi connectivity index (χ0) is 24.8. The number of nitriles is 1. The van der Waals surface area contributed by atoms with Gasteiger partial charge in [-0.1, -0.05) is 42.0 Å². The third kappa shape index (κ3) is 5.60. The Bertz CT molecular complexity index is 1230. The van der Waals surface area contributed by atoms with Crippen molar-refractivity contribution in [3.05, 3.63) is 89.0 Å². The maximum Gasteiger partial charge on any atom is 0.312 e. The van der Waals surface area contributed by atoms with Crippen LogP contribution < -0.4 is 0 Å². The number of nitrogens with zero attached hydrogens (tertiary/aromatic N) is 4. The highest BCUT2D eigenvalue weighted by atomic mass is 16.5. The van der Waals surface area contributed by atoms with E-state index in [0.717, 1.165) is 22.4 Å². The Kier molecular flexibility index (Phi) is 7.31. The number of rotatable bonds is 7. The molecular weight excluding hydrogens is 440 g/mol. The number of carbonyl (C=O) groups excluding carboxylic acids is 2. The van der Waals surface area contributed by atoms with E-state index in [4.69, 9.17) is 10.00 Å². The fraction of sp³-hybridized carbons (Fsp3) is 0.357. The van der Waals surface area contributed by atoms with Gasteiger partial charge in [-0.25, -0.2) is 4.98 Å². The van der Waals surface area contributed by atoms with Crippen LogP contribution in [0.4, 0.5) is 0 Å². The summed E-state index contributed by atoms with van der Waals surface area (Å²) in [5.74, 6) is -0.174. The van der Waals surface area contributed by atoms with Crippen molar-refractivity contribution in [2.75, 3.05) is 20.2 Å². The second-order valence-electron chi connectivity index (χ2n) is 9.32. The lowest BCUT2D eigenvalue weighted by atomic mass is 9.73. The molecule has 35 heavy (non-hydrogen) atoms. The van der Waals surface area contributed by atoms with Crippen molar-refractivity contribution < 1.29 is 14.3 Å². The van der Waals surface area contributed by atoms with Gasteiger partial charge in [0.25, 0.3) is 0 Å². The second-order valence-corrected chi connectivity index (χ2v) is 9.32. The zero-order valence-corrected chi connectivity index (χ0v) is 20.2. The van der Waals surface area contributed by atoms with Gasteiger partial charge in [0.2, 0.25) is 5.91 Å². The highest BCUT2D eigenvalue weighted by Gasteiger charge is 2.43. The Balaban J connectivity index is 1.40. The highest BCUT2D eigenvalue weighted by molar-refractivity contribution is 5.80. The topological polar surface area (TPSA) is 88.2 Å². The molecule has 7 nitrogen and oxygen atoms in total. The first kappa shape index (κ1) is 24.2. The number of esters is 1. The number of hydrogen-bond acceptors (Lipinski definition) is 5. The molecule has 2 aromatic carbocycles. The summed E-state index contributed by atoms with van der Waals surface area (Å²) in [6.07, 6.45) is 5.46. The fourth-order valence-corrected chi connectivity index (χ4v) is 4.85. The molecule has 4 rings (SSSR count). The lowest BCUT2D eigenvalue weighted by molar-refractivity contribution is -0.157. The molecule has 0 saturated carbocycles. The maximum absolute atomic E-state index is 13.1. The average molecular weight is 471 g/mol. The Morgan fingerprint density at radius 3 is 2.51 bits per heavy atom. The largest absolute Gasteiger partial charge is 0.469 e. The molecule has 1 fully saturated rings. The molecular formula is C28H30N4O3. The van der Waals surface area contributed by atoms with Gasteiger partial charge in [-0.15, -0.1) is 0 Å². The third-order valence-electron chi connectivity index (χ3n) is 6.88. The van der Waals surface area contributed by atoms with Crippen LogP contribution in [0.2, 0.25) is 0 Å². The van der Waals surface area contributed by atoms with E-state index in [0.29, 0.717) is 44.5 Å². The molecule has 1 aromatic heterocycles. The van der Waals surface area contributed by atoms with Crippen LogP contribution in [0.25, 0.3) is 0 Å². The fourth-order valence-electron chi connectivity index (χ4n) is 4.85. The van der Waals surface area contributed by atoms with E-state index in [-0.39, 0.29) is 18.3 Å². The summed E-state index contributed by atoms with van der Waals surface area (Å²) in [5, 5.41) is 8.98. The number of aromatic nitrogens is 2. The minimum atomic E-state index is -0.614. The highest BCUT2D eigenvalue weighted by Crippen LogP contribution is 2.37. The zero-order valence-electron chi connectivity index (χ0n) is 20.2. The van der Waals surface area contributed by atoms with E-state index in [1.54, 1.807) is 24.7 Å². The van der Waals surface area contributed by atoms with Crippen LogP contribution >= 0.6 is 0 Å². The number of hydrogen-bond donors (Lipinski definition) is 0. The van der Waals surface area contributed by atoms with Gasteiger partial charge in [0.1, 0.15) is 0 Å². The van der Waals surface area contributed by atoms with Gasteiger partial charge < -0.3 is 14.2 Å². The first-order valence-electron chi connectivity index (χ1n) is 11.8. The van der Waals surface area contributed by atoms with E-state index < -0.39 is 5.41 Å². The van der Waals surface area contributed by atoms with Crippen LogP contribution in [0, 0.1) is 23.7 Å². The van der Waals surface area contributed by atoms with Crippen LogP contribution in [0.15, 0.2) is 61.1 Å². The molecule has 1 aliphatic heterocycles. The van der Waals surface area contributed by atoms with Crippen LogP contribution in [-0.2, 0) is 33.7 Å². The van der Waals surface area contributed by atoms with Gasteiger partial charge in [0.05, 0.1) is 36.9 Å². The number of likely N-dealkylation sites (tertiary alicyclic amines) is 1. The Hall–Kier alpha value is -3.92. The van der Waals surface area contributed by atoms with E-state index in [1.165, 1.54) is 7.11 Å². The van der Waals surface area contributed by atoms with Gasteiger partial charge in [-0.05, 0) is 49.4 Å². The van der Waals surface area contributed by atoms with E-state index in [1.807, 2.05) is 46.7 Å². The lowest BCUT2D eigenvalue weighted by Gasteiger charge is -2.40. The molecule has 0 N–H and O–H groups in total. The maximum atomic E-state index is 13.1. The number of benzene rings is 2. The summed E-state index contributed by atoms with van der Waals surface area (Å²) in [6, 6.07) is 17.7. The van der Waals surface area contributed by atoms with E-state index in [9.17, 15) is 9.59 Å². The standard InChI is InChI=1S/C28H30N4O3/c1-21-4-3-5-24(14-21)16-28(27(34)35-2)10-12-31(13-11-28)26(33)15-25-18-30-20-32(25)19-23-8-6-22(17-29)7-9-23/h3-9,14,18,20H,10-13,15-16,19H2,1-2H3. The Morgan fingerprint density at radius 1 is 1.11 bits per heavy atom. The van der Waals surface area contributed by atoms with Gasteiger partial charge in [-0.3, -0.25) is 9.59 Å². The first-order chi connectivity index (χ1) is 16.9. The molecule has 1 aliphatic rings. The van der Waals surface area contributed by atoms with Crippen LogP contribution in [0.1, 0.15) is 40.8 Å². The predicted molar refractivity (Wildman–Crippen MR) is 131 cm³/mol. The number of amides is 1. The summed E-state index contributed by atoms with van der Waals surface area (Å²) in [6.45, 7) is 3.66. The van der Waals surface area contributed by atoms with E-state index in [2.05, 4.69) is 17.1 Å². The minimum absolute atomic E-state index is 0.0283. The molecule has 0 atom stereocenters. The van der Waals surface area contributed by atoms with Crippen LogP contribution in [0.3, 0.4) is 0 Å². The monoisotopic (exact) mass is 470 g/mol. The van der Waals surface area contributed by atoms with Crippen LogP contribution in [0.5, 0.6) is 0 Å². The molecule has 0 bridgehead atoms. The Morgan fingerprint density at radius 2 is 1.86 bits per heavy atom. The molecule has 1 saturated heterocycles. The first-order valence-corrected chi connectivity index (χ1v) is 11.8. The molecule has 0 spiro atoms. The van der Waals surface area contributed by atoms with Gasteiger partial charge in [0, 0.05) is 31.5 Å². The van der Waals surface area contributed by atoms with Crippen LogP contribution in [-0.4, -0.2) is 46.5 Å². The molecule has 0 radical (unpaired) electrons. The van der Waals surface area contributed by atoms with Crippen molar-refractivity contribution >= 4 is 11.9 Å². The van der Waals surface area contributed by atoms with Crippen molar-refractivity contribution in [3.63, 3.8) is 0 Å². The number of ether oxygens (including phenoxy) is 1.